The van der Waals surface area contributed by atoms with Crippen molar-refractivity contribution in [2.75, 3.05) is 19.7 Å². The standard InChI is InChI=1S/C17H30N2O4/c1-6-22-14(20)12-7-9-19(10-8-12)15(21)18-13-11-16(2,3)23-17(13,4)5/h12-13H,6-11H2,1-5H3,(H,18,21). The summed E-state index contributed by atoms with van der Waals surface area (Å²) in [7, 11) is 0. The molecule has 6 nitrogen and oxygen atoms in total. The van der Waals surface area contributed by atoms with E-state index in [0.717, 1.165) is 6.42 Å². The molecule has 23 heavy (non-hydrogen) atoms. The topological polar surface area (TPSA) is 67.9 Å². The fraction of sp³-hybridized carbons (Fsp3) is 0.882. The number of amides is 2. The summed E-state index contributed by atoms with van der Waals surface area (Å²) >= 11 is 0. The predicted octanol–water partition coefficient (Wildman–Crippen LogP) is 2.32. The summed E-state index contributed by atoms with van der Waals surface area (Å²) in [6.07, 6.45) is 2.13. The van der Waals surface area contributed by atoms with E-state index in [-0.39, 0.29) is 35.2 Å². The number of carbonyl (C=O) groups is 2. The van der Waals surface area contributed by atoms with Crippen LogP contribution in [0.4, 0.5) is 4.79 Å². The first-order chi connectivity index (χ1) is 10.6. The van der Waals surface area contributed by atoms with Gasteiger partial charge in [-0.05, 0) is 53.9 Å². The summed E-state index contributed by atoms with van der Waals surface area (Å²) < 4.78 is 11.1. The molecule has 0 bridgehead atoms. The SMILES string of the molecule is CCOC(=O)C1CCN(C(=O)NC2CC(C)(C)OC2(C)C)CC1. The second-order valence-electron chi connectivity index (χ2n) is 7.68. The van der Waals surface area contributed by atoms with Gasteiger partial charge in [0, 0.05) is 13.1 Å². The van der Waals surface area contributed by atoms with Gasteiger partial charge >= 0.3 is 12.0 Å². The van der Waals surface area contributed by atoms with Crippen molar-refractivity contribution in [2.45, 2.75) is 71.1 Å². The van der Waals surface area contributed by atoms with E-state index >= 15 is 0 Å². The van der Waals surface area contributed by atoms with Crippen molar-refractivity contribution >= 4 is 12.0 Å². The smallest absolute Gasteiger partial charge is 0.317 e. The van der Waals surface area contributed by atoms with Crippen LogP contribution in [0.25, 0.3) is 0 Å². The van der Waals surface area contributed by atoms with Gasteiger partial charge in [0.15, 0.2) is 0 Å². The number of rotatable bonds is 3. The largest absolute Gasteiger partial charge is 0.466 e. The van der Waals surface area contributed by atoms with E-state index in [9.17, 15) is 9.59 Å². The Morgan fingerprint density at radius 3 is 2.30 bits per heavy atom. The zero-order chi connectivity index (χ0) is 17.3. The third-order valence-corrected chi connectivity index (χ3v) is 4.77. The van der Waals surface area contributed by atoms with Crippen LogP contribution in [-0.2, 0) is 14.3 Å². The van der Waals surface area contributed by atoms with Gasteiger partial charge in [0.05, 0.1) is 29.8 Å². The van der Waals surface area contributed by atoms with Crippen LogP contribution in [0.15, 0.2) is 0 Å². The highest BCUT2D eigenvalue weighted by molar-refractivity contribution is 5.76. The Bertz CT molecular complexity index is 454. The number of ether oxygens (including phenoxy) is 2. The van der Waals surface area contributed by atoms with E-state index in [1.807, 2.05) is 34.6 Å². The molecule has 2 aliphatic rings. The molecule has 0 radical (unpaired) electrons. The molecule has 2 fully saturated rings. The van der Waals surface area contributed by atoms with Gasteiger partial charge in [0.25, 0.3) is 0 Å². The van der Waals surface area contributed by atoms with Crippen molar-refractivity contribution in [3.63, 3.8) is 0 Å². The van der Waals surface area contributed by atoms with Crippen molar-refractivity contribution in [3.8, 4) is 0 Å². The predicted molar refractivity (Wildman–Crippen MR) is 87.1 cm³/mol. The first-order valence-corrected chi connectivity index (χ1v) is 8.57. The van der Waals surface area contributed by atoms with Crippen LogP contribution in [0.5, 0.6) is 0 Å². The lowest BCUT2D eigenvalue weighted by atomic mass is 9.94. The monoisotopic (exact) mass is 326 g/mol. The van der Waals surface area contributed by atoms with E-state index in [1.165, 1.54) is 0 Å². The molecule has 132 valence electrons. The minimum absolute atomic E-state index is 0.00669. The number of hydrogen-bond acceptors (Lipinski definition) is 4. The maximum absolute atomic E-state index is 12.5. The Hall–Kier alpha value is -1.30. The molecule has 1 atom stereocenters. The summed E-state index contributed by atoms with van der Waals surface area (Å²) in [5.74, 6) is -0.219. The fourth-order valence-electron chi connectivity index (χ4n) is 3.61. The number of piperidine rings is 1. The number of nitrogens with one attached hydrogen (secondary N) is 1. The number of hydrogen-bond donors (Lipinski definition) is 1. The molecule has 2 rings (SSSR count). The number of nitrogens with zero attached hydrogens (tertiary/aromatic N) is 1. The van der Waals surface area contributed by atoms with Crippen molar-refractivity contribution in [2.24, 2.45) is 5.92 Å². The molecule has 1 N–H and O–H groups in total. The Morgan fingerprint density at radius 2 is 1.83 bits per heavy atom. The van der Waals surface area contributed by atoms with Gasteiger partial charge in [-0.15, -0.1) is 0 Å². The van der Waals surface area contributed by atoms with Crippen LogP contribution in [-0.4, -0.2) is 53.8 Å². The fourth-order valence-corrected chi connectivity index (χ4v) is 3.61. The highest BCUT2D eigenvalue weighted by atomic mass is 16.5. The second kappa shape index (κ2) is 6.67. The molecule has 2 heterocycles. The third-order valence-electron chi connectivity index (χ3n) is 4.77. The average Bonchev–Trinajstić information content (AvgIpc) is 2.66. The third kappa shape index (κ3) is 4.37. The van der Waals surface area contributed by atoms with E-state index in [4.69, 9.17) is 9.47 Å². The lowest BCUT2D eigenvalue weighted by molar-refractivity contribution is -0.149. The molecule has 0 aliphatic carbocycles. The minimum Gasteiger partial charge on any atom is -0.466 e. The maximum Gasteiger partial charge on any atom is 0.317 e. The first kappa shape index (κ1) is 18.0. The van der Waals surface area contributed by atoms with Gasteiger partial charge in [0.2, 0.25) is 0 Å². The Morgan fingerprint density at radius 1 is 1.22 bits per heavy atom. The van der Waals surface area contributed by atoms with Crippen molar-refractivity contribution < 1.29 is 19.1 Å². The van der Waals surface area contributed by atoms with Gasteiger partial charge in [-0.2, -0.15) is 0 Å². The van der Waals surface area contributed by atoms with Gasteiger partial charge in [-0.3, -0.25) is 4.79 Å². The van der Waals surface area contributed by atoms with E-state index in [0.29, 0.717) is 32.5 Å². The van der Waals surface area contributed by atoms with Crippen molar-refractivity contribution in [3.05, 3.63) is 0 Å². The van der Waals surface area contributed by atoms with Crippen molar-refractivity contribution in [1.82, 2.24) is 10.2 Å². The summed E-state index contributed by atoms with van der Waals surface area (Å²) in [6, 6.07) is -0.0699. The zero-order valence-corrected chi connectivity index (χ0v) is 15.0. The Balaban J connectivity index is 1.85. The molecule has 0 saturated carbocycles. The molecule has 2 aliphatic heterocycles. The van der Waals surface area contributed by atoms with Gasteiger partial charge in [0.1, 0.15) is 0 Å². The number of esters is 1. The van der Waals surface area contributed by atoms with Gasteiger partial charge < -0.3 is 19.7 Å². The average molecular weight is 326 g/mol. The lowest BCUT2D eigenvalue weighted by Crippen LogP contribution is -2.53. The summed E-state index contributed by atoms with van der Waals surface area (Å²) in [6.45, 7) is 11.5. The minimum atomic E-state index is -0.373. The molecule has 0 aromatic heterocycles. The highest BCUT2D eigenvalue weighted by Crippen LogP contribution is 2.37. The van der Waals surface area contributed by atoms with Crippen LogP contribution in [0.2, 0.25) is 0 Å². The number of likely N-dealkylation sites (tertiary alicyclic amines) is 1. The van der Waals surface area contributed by atoms with Crippen LogP contribution >= 0.6 is 0 Å². The quantitative estimate of drug-likeness (QED) is 0.808. The van der Waals surface area contributed by atoms with E-state index in [1.54, 1.807) is 4.90 Å². The molecule has 2 saturated heterocycles. The van der Waals surface area contributed by atoms with Crippen molar-refractivity contribution in [1.29, 1.82) is 0 Å². The van der Waals surface area contributed by atoms with Crippen LogP contribution in [0, 0.1) is 5.92 Å². The second-order valence-corrected chi connectivity index (χ2v) is 7.68. The molecule has 1 unspecified atom stereocenters. The van der Waals surface area contributed by atoms with Crippen LogP contribution in [0.3, 0.4) is 0 Å². The molecule has 2 amide bonds. The van der Waals surface area contributed by atoms with E-state index < -0.39 is 0 Å². The van der Waals surface area contributed by atoms with Crippen LogP contribution < -0.4 is 5.32 Å². The number of urea groups is 1. The summed E-state index contributed by atoms with van der Waals surface area (Å²) in [5, 5.41) is 3.11. The summed E-state index contributed by atoms with van der Waals surface area (Å²) in [5.41, 5.74) is -0.596. The Kier molecular flexibility index (Phi) is 5.23. The molecular weight excluding hydrogens is 296 g/mol. The first-order valence-electron chi connectivity index (χ1n) is 8.57. The summed E-state index contributed by atoms with van der Waals surface area (Å²) in [4.78, 5) is 26.0. The van der Waals surface area contributed by atoms with Gasteiger partial charge in [-0.1, -0.05) is 0 Å². The molecule has 0 spiro atoms. The Labute approximate surface area is 138 Å². The van der Waals surface area contributed by atoms with E-state index in [2.05, 4.69) is 5.32 Å². The molecule has 0 aromatic carbocycles. The zero-order valence-electron chi connectivity index (χ0n) is 15.0. The molecule has 0 aromatic rings. The normalized spacial score (nSPS) is 26.8. The maximum atomic E-state index is 12.5. The molecular formula is C17H30N2O4. The lowest BCUT2D eigenvalue weighted by Gasteiger charge is -2.34. The van der Waals surface area contributed by atoms with Gasteiger partial charge in [-0.25, -0.2) is 4.79 Å². The van der Waals surface area contributed by atoms with Crippen LogP contribution in [0.1, 0.15) is 53.9 Å². The molecule has 6 heteroatoms. The number of carbonyl (C=O) groups excluding carboxylic acids is 2. The highest BCUT2D eigenvalue weighted by Gasteiger charge is 2.47.